The highest BCUT2D eigenvalue weighted by molar-refractivity contribution is 6.19. The summed E-state index contributed by atoms with van der Waals surface area (Å²) in [6, 6.07) is 13.7. The molecule has 7 heteroatoms. The Bertz CT molecular complexity index is 936. The number of rotatable bonds is 6. The molecular weight excluding hydrogens is 372 g/mol. The number of hydrogen-bond acceptors (Lipinski definition) is 5. The van der Waals surface area contributed by atoms with Crippen LogP contribution in [0.2, 0.25) is 0 Å². The molecule has 7 nitrogen and oxygen atoms in total. The van der Waals surface area contributed by atoms with E-state index in [0.717, 1.165) is 16.0 Å². The minimum atomic E-state index is -0.645. The lowest BCUT2D eigenvalue weighted by Crippen LogP contribution is -2.31. The minimum absolute atomic E-state index is 0.195. The Balaban J connectivity index is 1.55. The fraction of sp³-hybridized carbons (Fsp3) is 0.273. The lowest BCUT2D eigenvalue weighted by atomic mass is 10.1. The molecule has 150 valence electrons. The van der Waals surface area contributed by atoms with Gasteiger partial charge in [0.15, 0.2) is 6.61 Å². The van der Waals surface area contributed by atoms with Gasteiger partial charge >= 0.3 is 5.97 Å². The number of anilines is 1. The maximum atomic E-state index is 12.3. The monoisotopic (exact) mass is 394 g/mol. The lowest BCUT2D eigenvalue weighted by Gasteiger charge is -2.18. The van der Waals surface area contributed by atoms with E-state index in [-0.39, 0.29) is 42.7 Å². The maximum Gasteiger partial charge on any atom is 0.338 e. The lowest BCUT2D eigenvalue weighted by molar-refractivity contribution is -0.133. The second kappa shape index (κ2) is 8.68. The van der Waals surface area contributed by atoms with Crippen molar-refractivity contribution in [2.24, 2.45) is 0 Å². The van der Waals surface area contributed by atoms with E-state index in [2.05, 4.69) is 0 Å². The van der Waals surface area contributed by atoms with E-state index >= 15 is 0 Å². The Morgan fingerprint density at radius 1 is 1.00 bits per heavy atom. The highest BCUT2D eigenvalue weighted by Crippen LogP contribution is 2.23. The van der Waals surface area contributed by atoms with Gasteiger partial charge in [0.05, 0.1) is 11.3 Å². The summed E-state index contributed by atoms with van der Waals surface area (Å²) in [4.78, 5) is 50.6. The van der Waals surface area contributed by atoms with Gasteiger partial charge < -0.3 is 9.64 Å². The first-order valence-electron chi connectivity index (χ1n) is 9.28. The van der Waals surface area contributed by atoms with E-state index in [0.29, 0.717) is 12.2 Å². The molecule has 1 heterocycles. The average molecular weight is 394 g/mol. The molecule has 0 aliphatic carbocycles. The van der Waals surface area contributed by atoms with Gasteiger partial charge in [0.2, 0.25) is 11.8 Å². The highest BCUT2D eigenvalue weighted by atomic mass is 16.5. The summed E-state index contributed by atoms with van der Waals surface area (Å²) >= 11 is 0. The second-order valence-electron chi connectivity index (χ2n) is 6.92. The third-order valence-corrected chi connectivity index (χ3v) is 4.83. The minimum Gasteiger partial charge on any atom is -0.452 e. The van der Waals surface area contributed by atoms with Crippen molar-refractivity contribution in [2.45, 2.75) is 26.3 Å². The van der Waals surface area contributed by atoms with Gasteiger partial charge in [-0.05, 0) is 42.3 Å². The second-order valence-corrected chi connectivity index (χ2v) is 6.92. The predicted molar refractivity (Wildman–Crippen MR) is 106 cm³/mol. The van der Waals surface area contributed by atoms with Crippen molar-refractivity contribution < 1.29 is 23.9 Å². The van der Waals surface area contributed by atoms with Crippen molar-refractivity contribution in [1.29, 1.82) is 0 Å². The van der Waals surface area contributed by atoms with Crippen molar-refractivity contribution in [2.75, 3.05) is 18.6 Å². The number of carbonyl (C=O) groups is 4. The molecule has 0 atom stereocenters. The van der Waals surface area contributed by atoms with E-state index in [1.807, 2.05) is 31.2 Å². The number of amides is 3. The largest absolute Gasteiger partial charge is 0.452 e. The Morgan fingerprint density at radius 2 is 1.62 bits per heavy atom. The molecule has 0 N–H and O–H groups in total. The molecule has 1 aliphatic heterocycles. The zero-order chi connectivity index (χ0) is 21.0. The first-order chi connectivity index (χ1) is 13.9. The normalized spacial score (nSPS) is 13.5. The van der Waals surface area contributed by atoms with Gasteiger partial charge in [-0.15, -0.1) is 0 Å². The molecule has 2 aromatic carbocycles. The van der Waals surface area contributed by atoms with Crippen LogP contribution in [-0.2, 0) is 25.7 Å². The van der Waals surface area contributed by atoms with E-state index in [1.165, 1.54) is 29.2 Å². The summed E-state index contributed by atoms with van der Waals surface area (Å²) in [7, 11) is 1.65. The molecule has 1 fully saturated rings. The van der Waals surface area contributed by atoms with Crippen LogP contribution in [0.15, 0.2) is 48.5 Å². The molecule has 0 saturated carbocycles. The van der Waals surface area contributed by atoms with Crippen LogP contribution in [0.25, 0.3) is 0 Å². The maximum absolute atomic E-state index is 12.3. The number of ether oxygens (including phenoxy) is 1. The number of esters is 1. The van der Waals surface area contributed by atoms with Gasteiger partial charge in [0, 0.05) is 26.4 Å². The number of aryl methyl sites for hydroxylation is 1. The summed E-state index contributed by atoms with van der Waals surface area (Å²) in [5.74, 6) is -1.47. The Kier molecular flexibility index (Phi) is 6.07. The quantitative estimate of drug-likeness (QED) is 0.555. The predicted octanol–water partition coefficient (Wildman–Crippen LogP) is 2.46. The zero-order valence-corrected chi connectivity index (χ0v) is 16.4. The number of benzene rings is 2. The van der Waals surface area contributed by atoms with Crippen LogP contribution >= 0.6 is 0 Å². The van der Waals surface area contributed by atoms with Gasteiger partial charge in [-0.2, -0.15) is 0 Å². The van der Waals surface area contributed by atoms with Gasteiger partial charge in [-0.1, -0.05) is 24.3 Å². The molecule has 1 saturated heterocycles. The Hall–Kier alpha value is -3.48. The Morgan fingerprint density at radius 3 is 2.24 bits per heavy atom. The topological polar surface area (TPSA) is 84.0 Å². The third-order valence-electron chi connectivity index (χ3n) is 4.83. The summed E-state index contributed by atoms with van der Waals surface area (Å²) in [6.45, 7) is 2.03. The van der Waals surface area contributed by atoms with Crippen LogP contribution in [0.3, 0.4) is 0 Å². The van der Waals surface area contributed by atoms with Crippen molar-refractivity contribution in [3.63, 3.8) is 0 Å². The molecule has 0 radical (unpaired) electrons. The summed E-state index contributed by atoms with van der Waals surface area (Å²) in [5, 5.41) is 0. The van der Waals surface area contributed by atoms with Crippen molar-refractivity contribution in [3.05, 3.63) is 65.2 Å². The number of nitrogens with zero attached hydrogens (tertiary/aromatic N) is 2. The first kappa shape index (κ1) is 20.3. The third kappa shape index (κ3) is 4.68. The van der Waals surface area contributed by atoms with Gasteiger partial charge in [-0.3, -0.25) is 19.3 Å². The zero-order valence-electron chi connectivity index (χ0n) is 16.4. The van der Waals surface area contributed by atoms with Crippen LogP contribution < -0.4 is 4.90 Å². The molecule has 0 aromatic heterocycles. The van der Waals surface area contributed by atoms with Gasteiger partial charge in [0.25, 0.3) is 5.91 Å². The van der Waals surface area contributed by atoms with Crippen molar-refractivity contribution in [1.82, 2.24) is 4.90 Å². The molecule has 29 heavy (non-hydrogen) atoms. The van der Waals surface area contributed by atoms with E-state index in [1.54, 1.807) is 7.05 Å². The molecule has 2 aromatic rings. The molecule has 3 rings (SSSR count). The van der Waals surface area contributed by atoms with Crippen LogP contribution in [0.5, 0.6) is 0 Å². The SMILES string of the molecule is Cc1ccccc1CN(C)C(=O)COC(=O)c1ccc(N2C(=O)CCC2=O)cc1. The summed E-state index contributed by atoms with van der Waals surface area (Å²) < 4.78 is 5.11. The number of carbonyl (C=O) groups excluding carboxylic acids is 4. The molecule has 0 unspecified atom stereocenters. The van der Waals surface area contributed by atoms with Crippen LogP contribution in [0.4, 0.5) is 5.69 Å². The smallest absolute Gasteiger partial charge is 0.338 e. The summed E-state index contributed by atoms with van der Waals surface area (Å²) in [6.07, 6.45) is 0.390. The molecule has 3 amide bonds. The first-order valence-corrected chi connectivity index (χ1v) is 9.28. The van der Waals surface area contributed by atoms with Crippen LogP contribution in [-0.4, -0.2) is 42.2 Å². The van der Waals surface area contributed by atoms with E-state index in [9.17, 15) is 19.2 Å². The number of hydrogen-bond donors (Lipinski definition) is 0. The fourth-order valence-electron chi connectivity index (χ4n) is 3.06. The van der Waals surface area contributed by atoms with Crippen molar-refractivity contribution >= 4 is 29.4 Å². The van der Waals surface area contributed by atoms with E-state index in [4.69, 9.17) is 4.74 Å². The fourth-order valence-corrected chi connectivity index (χ4v) is 3.06. The molecule has 0 bridgehead atoms. The molecule has 1 aliphatic rings. The van der Waals surface area contributed by atoms with Gasteiger partial charge in [0.1, 0.15) is 0 Å². The molecular formula is C22H22N2O5. The standard InChI is InChI=1S/C22H22N2O5/c1-15-5-3-4-6-17(15)13-23(2)21(27)14-29-22(28)16-7-9-18(10-8-16)24-19(25)11-12-20(24)26/h3-10H,11-14H2,1-2H3. The molecule has 0 spiro atoms. The van der Waals surface area contributed by atoms with Crippen molar-refractivity contribution in [3.8, 4) is 0 Å². The Labute approximate surface area is 168 Å². The summed E-state index contributed by atoms with van der Waals surface area (Å²) in [5.41, 5.74) is 2.76. The van der Waals surface area contributed by atoms with Crippen LogP contribution in [0, 0.1) is 6.92 Å². The van der Waals surface area contributed by atoms with E-state index < -0.39 is 5.97 Å². The average Bonchev–Trinajstić information content (AvgIpc) is 3.05. The highest BCUT2D eigenvalue weighted by Gasteiger charge is 2.30. The number of likely N-dealkylation sites (N-methyl/N-ethyl adjacent to an activating group) is 1. The number of imide groups is 1. The van der Waals surface area contributed by atoms with Crippen LogP contribution in [0.1, 0.15) is 34.3 Å². The van der Waals surface area contributed by atoms with Gasteiger partial charge in [-0.25, -0.2) is 4.79 Å².